The van der Waals surface area contributed by atoms with Crippen molar-refractivity contribution in [1.29, 1.82) is 5.26 Å². The highest BCUT2D eigenvalue weighted by molar-refractivity contribution is 5.96. The molecule has 0 bridgehead atoms. The Morgan fingerprint density at radius 3 is 2.50 bits per heavy atom. The number of para-hydroxylation sites is 1. The number of piperazine rings is 1. The van der Waals surface area contributed by atoms with Gasteiger partial charge < -0.3 is 9.80 Å². The average Bonchev–Trinajstić information content (AvgIpc) is 2.73. The van der Waals surface area contributed by atoms with Gasteiger partial charge in [-0.2, -0.15) is 5.26 Å². The summed E-state index contributed by atoms with van der Waals surface area (Å²) in [4.78, 5) is 23.2. The summed E-state index contributed by atoms with van der Waals surface area (Å²) in [7, 11) is 1.82. The van der Waals surface area contributed by atoms with Crippen molar-refractivity contribution in [2.75, 3.05) is 43.0 Å². The van der Waals surface area contributed by atoms with Gasteiger partial charge in [0, 0.05) is 45.1 Å². The number of pyridine rings is 1. The maximum atomic E-state index is 12.8. The summed E-state index contributed by atoms with van der Waals surface area (Å²) in [6.07, 6.45) is 1.71. The molecule has 2 heterocycles. The minimum absolute atomic E-state index is 0.0835. The third kappa shape index (κ3) is 3.68. The monoisotopic (exact) mass is 349 g/mol. The van der Waals surface area contributed by atoms with Gasteiger partial charge in [0.25, 0.3) is 0 Å². The van der Waals surface area contributed by atoms with Crippen LogP contribution in [-0.4, -0.2) is 55.1 Å². The number of benzene rings is 1. The molecular weight excluding hydrogens is 326 g/mol. The van der Waals surface area contributed by atoms with E-state index in [1.807, 2.05) is 44.3 Å². The first kappa shape index (κ1) is 17.9. The number of hydrogen-bond donors (Lipinski definition) is 0. The molecule has 1 unspecified atom stereocenters. The molecule has 6 heteroatoms. The van der Waals surface area contributed by atoms with Crippen LogP contribution in [0, 0.1) is 11.3 Å². The third-order valence-electron chi connectivity index (χ3n) is 4.90. The molecule has 1 aliphatic heterocycles. The minimum atomic E-state index is -0.193. The summed E-state index contributed by atoms with van der Waals surface area (Å²) in [5.41, 5.74) is 1.49. The number of rotatable bonds is 4. The number of likely N-dealkylation sites (N-methyl/N-ethyl adjacent to an activating group) is 1. The van der Waals surface area contributed by atoms with E-state index in [0.717, 1.165) is 37.7 Å². The molecule has 0 saturated carbocycles. The molecular formula is C20H23N5O. The van der Waals surface area contributed by atoms with Gasteiger partial charge in [-0.3, -0.25) is 9.69 Å². The molecule has 0 radical (unpaired) electrons. The second-order valence-corrected chi connectivity index (χ2v) is 6.42. The van der Waals surface area contributed by atoms with Crippen LogP contribution in [0.25, 0.3) is 0 Å². The second-order valence-electron chi connectivity index (χ2n) is 6.42. The summed E-state index contributed by atoms with van der Waals surface area (Å²) in [5, 5.41) is 9.25. The predicted octanol–water partition coefficient (Wildman–Crippen LogP) is 2.13. The lowest BCUT2D eigenvalue weighted by atomic mass is 10.1. The van der Waals surface area contributed by atoms with E-state index in [9.17, 15) is 10.1 Å². The van der Waals surface area contributed by atoms with Gasteiger partial charge in [-0.25, -0.2) is 4.98 Å². The van der Waals surface area contributed by atoms with Crippen molar-refractivity contribution in [2.45, 2.75) is 13.0 Å². The lowest BCUT2D eigenvalue weighted by Crippen LogP contribution is -2.54. The van der Waals surface area contributed by atoms with Gasteiger partial charge in [0.05, 0.1) is 11.6 Å². The molecule has 1 saturated heterocycles. The van der Waals surface area contributed by atoms with Gasteiger partial charge in [0.1, 0.15) is 11.9 Å². The first-order valence-electron chi connectivity index (χ1n) is 8.78. The highest BCUT2D eigenvalue weighted by Gasteiger charge is 2.28. The zero-order valence-electron chi connectivity index (χ0n) is 15.2. The fourth-order valence-corrected chi connectivity index (χ4v) is 3.27. The summed E-state index contributed by atoms with van der Waals surface area (Å²) in [6, 6.07) is 15.3. The summed E-state index contributed by atoms with van der Waals surface area (Å²) < 4.78 is 0. The number of nitriles is 1. The van der Waals surface area contributed by atoms with E-state index >= 15 is 0 Å². The Hall–Kier alpha value is -2.91. The molecule has 1 aromatic heterocycles. The zero-order valence-corrected chi connectivity index (χ0v) is 15.2. The Morgan fingerprint density at radius 2 is 1.85 bits per heavy atom. The maximum absolute atomic E-state index is 12.8. The van der Waals surface area contributed by atoms with Gasteiger partial charge in [-0.15, -0.1) is 0 Å². The van der Waals surface area contributed by atoms with E-state index in [1.165, 1.54) is 0 Å². The van der Waals surface area contributed by atoms with Crippen LogP contribution in [0.1, 0.15) is 12.5 Å². The van der Waals surface area contributed by atoms with Crippen molar-refractivity contribution in [3.63, 3.8) is 0 Å². The number of aromatic nitrogens is 1. The van der Waals surface area contributed by atoms with E-state index < -0.39 is 0 Å². The topological polar surface area (TPSA) is 63.5 Å². The average molecular weight is 349 g/mol. The van der Waals surface area contributed by atoms with Crippen molar-refractivity contribution in [3.8, 4) is 6.07 Å². The van der Waals surface area contributed by atoms with Crippen molar-refractivity contribution in [3.05, 3.63) is 54.2 Å². The van der Waals surface area contributed by atoms with Crippen LogP contribution in [0.5, 0.6) is 0 Å². The van der Waals surface area contributed by atoms with Gasteiger partial charge in [-0.1, -0.05) is 18.2 Å². The molecule has 1 fully saturated rings. The van der Waals surface area contributed by atoms with Crippen LogP contribution in [0.2, 0.25) is 0 Å². The highest BCUT2D eigenvalue weighted by atomic mass is 16.2. The minimum Gasteiger partial charge on any atom is -0.353 e. The van der Waals surface area contributed by atoms with Gasteiger partial charge in [0.2, 0.25) is 5.91 Å². The van der Waals surface area contributed by atoms with Gasteiger partial charge in [0.15, 0.2) is 0 Å². The van der Waals surface area contributed by atoms with Crippen LogP contribution in [0.15, 0.2) is 48.7 Å². The van der Waals surface area contributed by atoms with Crippen LogP contribution >= 0.6 is 0 Å². The molecule has 0 N–H and O–H groups in total. The largest absolute Gasteiger partial charge is 0.353 e. The van der Waals surface area contributed by atoms with E-state index in [0.29, 0.717) is 5.56 Å². The second kappa shape index (κ2) is 7.98. The van der Waals surface area contributed by atoms with Crippen LogP contribution in [0.4, 0.5) is 11.5 Å². The molecule has 0 aliphatic carbocycles. The number of carbonyl (C=O) groups is 1. The molecule has 1 aliphatic rings. The number of hydrogen-bond acceptors (Lipinski definition) is 5. The Labute approximate surface area is 154 Å². The molecule has 134 valence electrons. The fourth-order valence-electron chi connectivity index (χ4n) is 3.27. The molecule has 2 aromatic rings. The Bertz CT molecular complexity index is 793. The van der Waals surface area contributed by atoms with Crippen LogP contribution in [0.3, 0.4) is 0 Å². The molecule has 26 heavy (non-hydrogen) atoms. The van der Waals surface area contributed by atoms with Gasteiger partial charge in [-0.05, 0) is 31.2 Å². The quantitative estimate of drug-likeness (QED) is 0.846. The van der Waals surface area contributed by atoms with Crippen molar-refractivity contribution >= 4 is 17.4 Å². The van der Waals surface area contributed by atoms with Crippen molar-refractivity contribution in [2.24, 2.45) is 0 Å². The predicted molar refractivity (Wildman–Crippen MR) is 102 cm³/mol. The normalized spacial score (nSPS) is 16.0. The third-order valence-corrected chi connectivity index (χ3v) is 4.90. The standard InChI is InChI=1S/C20H23N5O/c1-16(20(26)23(2)18-8-4-3-5-9-18)24-11-13-25(14-12-24)19-17(15-21)7-6-10-22-19/h3-10,16H,11-14H2,1-2H3. The van der Waals surface area contributed by atoms with Crippen LogP contribution < -0.4 is 9.80 Å². The number of carbonyl (C=O) groups excluding carboxylic acids is 1. The van der Waals surface area contributed by atoms with Crippen molar-refractivity contribution < 1.29 is 4.79 Å². The maximum Gasteiger partial charge on any atom is 0.243 e. The first-order valence-corrected chi connectivity index (χ1v) is 8.78. The molecule has 3 rings (SSSR count). The highest BCUT2D eigenvalue weighted by Crippen LogP contribution is 2.20. The molecule has 6 nitrogen and oxygen atoms in total. The zero-order chi connectivity index (χ0) is 18.5. The summed E-state index contributed by atoms with van der Waals surface area (Å²) in [6.45, 7) is 4.98. The van der Waals surface area contributed by atoms with Gasteiger partial charge >= 0.3 is 0 Å². The first-order chi connectivity index (χ1) is 12.6. The lowest BCUT2D eigenvalue weighted by Gasteiger charge is -2.39. The lowest BCUT2D eigenvalue weighted by molar-refractivity contribution is -0.123. The van der Waals surface area contributed by atoms with Crippen LogP contribution in [-0.2, 0) is 4.79 Å². The Morgan fingerprint density at radius 1 is 1.15 bits per heavy atom. The number of nitrogens with zero attached hydrogens (tertiary/aromatic N) is 5. The van der Waals surface area contributed by atoms with E-state index in [1.54, 1.807) is 23.2 Å². The summed E-state index contributed by atoms with van der Waals surface area (Å²) in [5.74, 6) is 0.815. The SMILES string of the molecule is CC(C(=O)N(C)c1ccccc1)N1CCN(c2ncccc2C#N)CC1. The summed E-state index contributed by atoms with van der Waals surface area (Å²) >= 11 is 0. The Balaban J connectivity index is 1.62. The number of amides is 1. The molecule has 1 aromatic carbocycles. The smallest absolute Gasteiger partial charge is 0.243 e. The molecule has 1 amide bonds. The Kier molecular flexibility index (Phi) is 5.49. The fraction of sp³-hybridized carbons (Fsp3) is 0.350. The molecule has 1 atom stereocenters. The van der Waals surface area contributed by atoms with Crippen molar-refractivity contribution in [1.82, 2.24) is 9.88 Å². The van der Waals surface area contributed by atoms with E-state index in [2.05, 4.69) is 20.9 Å². The van der Waals surface area contributed by atoms with E-state index in [4.69, 9.17) is 0 Å². The number of anilines is 2. The molecule has 0 spiro atoms. The van der Waals surface area contributed by atoms with E-state index in [-0.39, 0.29) is 11.9 Å².